The molecule has 1 heterocycles. The topological polar surface area (TPSA) is 84.9 Å². The molecular formula is C22H19BrN2O5. The zero-order chi connectivity index (χ0) is 21.8. The quantitative estimate of drug-likeness (QED) is 0.393. The van der Waals surface area contributed by atoms with Crippen molar-refractivity contribution in [2.75, 3.05) is 19.1 Å². The normalized spacial score (nSPS) is 15.2. The molecule has 2 aromatic carbocycles. The lowest BCUT2D eigenvalue weighted by Gasteiger charge is -2.26. The molecule has 154 valence electrons. The van der Waals surface area contributed by atoms with Crippen molar-refractivity contribution in [3.8, 4) is 11.5 Å². The van der Waals surface area contributed by atoms with E-state index in [2.05, 4.69) is 27.8 Å². The Morgan fingerprint density at radius 3 is 2.40 bits per heavy atom. The average molecular weight is 471 g/mol. The summed E-state index contributed by atoms with van der Waals surface area (Å²) in [5.74, 6) is -0.483. The van der Waals surface area contributed by atoms with E-state index in [1.54, 1.807) is 42.5 Å². The fraction of sp³-hybridized carbons (Fsp3) is 0.136. The van der Waals surface area contributed by atoms with E-state index < -0.39 is 17.8 Å². The highest BCUT2D eigenvalue weighted by atomic mass is 79.9. The van der Waals surface area contributed by atoms with Gasteiger partial charge in [-0.2, -0.15) is 0 Å². The van der Waals surface area contributed by atoms with Crippen molar-refractivity contribution in [2.45, 2.75) is 6.42 Å². The number of carbonyl (C=O) groups is 3. The number of halogens is 1. The third kappa shape index (κ3) is 4.13. The summed E-state index contributed by atoms with van der Waals surface area (Å²) in [5.41, 5.74) is 1.50. The summed E-state index contributed by atoms with van der Waals surface area (Å²) in [4.78, 5) is 38.7. The lowest BCUT2D eigenvalue weighted by atomic mass is 10.0. The van der Waals surface area contributed by atoms with Crippen molar-refractivity contribution in [3.05, 3.63) is 70.2 Å². The zero-order valence-corrected chi connectivity index (χ0v) is 18.0. The second kappa shape index (κ2) is 8.96. The summed E-state index contributed by atoms with van der Waals surface area (Å²) in [6.07, 6.45) is 3.63. The van der Waals surface area contributed by atoms with Crippen LogP contribution in [0.25, 0.3) is 6.08 Å². The minimum Gasteiger partial charge on any atom is -0.493 e. The van der Waals surface area contributed by atoms with Crippen LogP contribution >= 0.6 is 15.9 Å². The molecule has 1 N–H and O–H groups in total. The van der Waals surface area contributed by atoms with Gasteiger partial charge in [-0.25, -0.2) is 9.69 Å². The Kier molecular flexibility index (Phi) is 6.37. The van der Waals surface area contributed by atoms with Gasteiger partial charge in [0.25, 0.3) is 11.8 Å². The zero-order valence-electron chi connectivity index (χ0n) is 16.4. The van der Waals surface area contributed by atoms with Crippen LogP contribution < -0.4 is 19.7 Å². The fourth-order valence-electron chi connectivity index (χ4n) is 3.11. The van der Waals surface area contributed by atoms with Crippen molar-refractivity contribution in [1.29, 1.82) is 0 Å². The van der Waals surface area contributed by atoms with E-state index in [1.165, 1.54) is 20.3 Å². The Labute approximate surface area is 182 Å². The number of amides is 4. The molecule has 0 aliphatic carbocycles. The number of methoxy groups -OCH3 is 2. The molecule has 0 bridgehead atoms. The second-order valence-electron chi connectivity index (χ2n) is 6.34. The van der Waals surface area contributed by atoms with Crippen molar-refractivity contribution in [2.24, 2.45) is 0 Å². The number of allylic oxidation sites excluding steroid dienone is 1. The summed E-state index contributed by atoms with van der Waals surface area (Å²) >= 11 is 3.31. The lowest BCUT2D eigenvalue weighted by Crippen LogP contribution is -2.54. The van der Waals surface area contributed by atoms with Gasteiger partial charge in [0.1, 0.15) is 5.57 Å². The van der Waals surface area contributed by atoms with Gasteiger partial charge in [0.05, 0.1) is 19.9 Å². The standard InChI is InChI=1S/C22H19BrN2O5/c1-4-5-14-10-13(12-18(29-2)19(14)30-3)11-17-20(26)24-22(28)25(21(17)27)16-8-6-15(23)7-9-16/h4,6-12H,1,5H2,2-3H3,(H,24,26,28). The first-order valence-corrected chi connectivity index (χ1v) is 9.71. The molecule has 0 atom stereocenters. The number of nitrogens with one attached hydrogen (secondary N) is 1. The Morgan fingerprint density at radius 1 is 1.10 bits per heavy atom. The van der Waals surface area contributed by atoms with Gasteiger partial charge in [0, 0.05) is 10.0 Å². The van der Waals surface area contributed by atoms with Gasteiger partial charge in [0.15, 0.2) is 11.5 Å². The van der Waals surface area contributed by atoms with Crippen LogP contribution in [-0.2, 0) is 16.0 Å². The number of rotatable bonds is 6. The van der Waals surface area contributed by atoms with Crippen molar-refractivity contribution >= 4 is 45.5 Å². The van der Waals surface area contributed by atoms with Gasteiger partial charge >= 0.3 is 6.03 Å². The number of carbonyl (C=O) groups excluding carboxylic acids is 3. The monoisotopic (exact) mass is 470 g/mol. The summed E-state index contributed by atoms with van der Waals surface area (Å²) in [5, 5.41) is 2.21. The minimum atomic E-state index is -0.802. The van der Waals surface area contributed by atoms with E-state index in [0.29, 0.717) is 29.2 Å². The third-order valence-corrected chi connectivity index (χ3v) is 4.97. The van der Waals surface area contributed by atoms with Gasteiger partial charge in [-0.05, 0) is 54.5 Å². The number of anilines is 1. The molecule has 8 heteroatoms. The maximum absolute atomic E-state index is 13.0. The van der Waals surface area contributed by atoms with E-state index in [1.807, 2.05) is 0 Å². The first kappa shape index (κ1) is 21.3. The summed E-state index contributed by atoms with van der Waals surface area (Å²) in [6, 6.07) is 9.23. The first-order valence-electron chi connectivity index (χ1n) is 8.92. The molecule has 7 nitrogen and oxygen atoms in total. The summed E-state index contributed by atoms with van der Waals surface area (Å²) < 4.78 is 11.6. The van der Waals surface area contributed by atoms with Crippen LogP contribution in [0.5, 0.6) is 11.5 Å². The molecule has 0 radical (unpaired) electrons. The molecule has 1 aliphatic heterocycles. The average Bonchev–Trinajstić information content (AvgIpc) is 2.72. The van der Waals surface area contributed by atoms with Gasteiger partial charge in [-0.1, -0.05) is 22.0 Å². The maximum atomic E-state index is 13.0. The van der Waals surface area contributed by atoms with Crippen molar-refractivity contribution < 1.29 is 23.9 Å². The molecule has 1 saturated heterocycles. The fourth-order valence-corrected chi connectivity index (χ4v) is 3.37. The van der Waals surface area contributed by atoms with Crippen molar-refractivity contribution in [3.63, 3.8) is 0 Å². The predicted molar refractivity (Wildman–Crippen MR) is 117 cm³/mol. The highest BCUT2D eigenvalue weighted by Crippen LogP contribution is 2.34. The molecule has 4 amide bonds. The molecular weight excluding hydrogens is 452 g/mol. The number of imide groups is 2. The highest BCUT2D eigenvalue weighted by Gasteiger charge is 2.36. The first-order chi connectivity index (χ1) is 14.4. The van der Waals surface area contributed by atoms with Crippen LogP contribution in [0.15, 0.2) is 59.1 Å². The lowest BCUT2D eigenvalue weighted by molar-refractivity contribution is -0.122. The van der Waals surface area contributed by atoms with E-state index in [0.717, 1.165) is 14.9 Å². The van der Waals surface area contributed by atoms with Crippen LogP contribution in [0, 0.1) is 0 Å². The SMILES string of the molecule is C=CCc1cc(C=C2C(=O)NC(=O)N(c3ccc(Br)cc3)C2=O)cc(OC)c1OC. The maximum Gasteiger partial charge on any atom is 0.335 e. The molecule has 0 aromatic heterocycles. The largest absolute Gasteiger partial charge is 0.493 e. The smallest absolute Gasteiger partial charge is 0.335 e. The van der Waals surface area contributed by atoms with Crippen LogP contribution in [0.4, 0.5) is 10.5 Å². The third-order valence-electron chi connectivity index (χ3n) is 4.44. The van der Waals surface area contributed by atoms with Crippen LogP contribution in [0.1, 0.15) is 11.1 Å². The van der Waals surface area contributed by atoms with Gasteiger partial charge in [0.2, 0.25) is 0 Å². The van der Waals surface area contributed by atoms with Crippen molar-refractivity contribution in [1.82, 2.24) is 5.32 Å². The predicted octanol–water partition coefficient (Wildman–Crippen LogP) is 3.86. The number of hydrogen-bond donors (Lipinski definition) is 1. The Balaban J connectivity index is 2.07. The highest BCUT2D eigenvalue weighted by molar-refractivity contribution is 9.10. The number of hydrogen-bond acceptors (Lipinski definition) is 5. The van der Waals surface area contributed by atoms with E-state index in [9.17, 15) is 14.4 Å². The molecule has 0 saturated carbocycles. The van der Waals surface area contributed by atoms with Gasteiger partial charge in [-0.3, -0.25) is 14.9 Å². The summed E-state index contributed by atoms with van der Waals surface area (Å²) in [6.45, 7) is 3.74. The van der Waals surface area contributed by atoms with Gasteiger partial charge in [-0.15, -0.1) is 6.58 Å². The molecule has 1 aliphatic rings. The molecule has 0 unspecified atom stereocenters. The number of ether oxygens (including phenoxy) is 2. The second-order valence-corrected chi connectivity index (χ2v) is 7.26. The number of urea groups is 1. The summed E-state index contributed by atoms with van der Waals surface area (Å²) in [7, 11) is 3.03. The number of benzene rings is 2. The van der Waals surface area contributed by atoms with Crippen LogP contribution in [0.3, 0.4) is 0 Å². The van der Waals surface area contributed by atoms with E-state index in [-0.39, 0.29) is 5.57 Å². The van der Waals surface area contributed by atoms with Gasteiger partial charge < -0.3 is 9.47 Å². The Bertz CT molecular complexity index is 1060. The Hall–Kier alpha value is -3.39. The molecule has 0 spiro atoms. The number of barbiturate groups is 1. The Morgan fingerprint density at radius 2 is 1.80 bits per heavy atom. The van der Waals surface area contributed by atoms with E-state index in [4.69, 9.17) is 9.47 Å². The van der Waals surface area contributed by atoms with E-state index >= 15 is 0 Å². The van der Waals surface area contributed by atoms with Crippen LogP contribution in [-0.4, -0.2) is 32.1 Å². The molecule has 2 aromatic rings. The van der Waals surface area contributed by atoms with Crippen LogP contribution in [0.2, 0.25) is 0 Å². The molecule has 30 heavy (non-hydrogen) atoms. The minimum absolute atomic E-state index is 0.172. The molecule has 3 rings (SSSR count). The number of nitrogens with zero attached hydrogens (tertiary/aromatic N) is 1. The molecule has 1 fully saturated rings.